The minimum absolute atomic E-state index is 0.0207. The van der Waals surface area contributed by atoms with Gasteiger partial charge in [-0.25, -0.2) is 4.68 Å². The van der Waals surface area contributed by atoms with Crippen molar-refractivity contribution in [3.05, 3.63) is 78.9 Å². The van der Waals surface area contributed by atoms with Crippen LogP contribution in [-0.4, -0.2) is 91.1 Å². The van der Waals surface area contributed by atoms with Gasteiger partial charge in [-0.3, -0.25) is 14.4 Å². The van der Waals surface area contributed by atoms with E-state index in [0.29, 0.717) is 19.4 Å². The summed E-state index contributed by atoms with van der Waals surface area (Å²) in [6.45, 7) is 2.86. The third-order valence-corrected chi connectivity index (χ3v) is 9.24. The first-order valence-electron chi connectivity index (χ1n) is 14.8. The van der Waals surface area contributed by atoms with E-state index in [4.69, 9.17) is 4.74 Å². The first-order chi connectivity index (χ1) is 20.9. The lowest BCUT2D eigenvalue weighted by molar-refractivity contribution is -0.152. The van der Waals surface area contributed by atoms with Crippen LogP contribution < -0.4 is 4.90 Å². The van der Waals surface area contributed by atoms with Crippen molar-refractivity contribution in [2.45, 2.75) is 43.7 Å². The molecule has 3 amide bonds. The van der Waals surface area contributed by atoms with E-state index in [0.717, 1.165) is 16.7 Å². The molecule has 0 radical (unpaired) electrons. The summed E-state index contributed by atoms with van der Waals surface area (Å²) in [7, 11) is 0. The summed E-state index contributed by atoms with van der Waals surface area (Å²) < 4.78 is 8.57. The normalized spacial score (nSPS) is 30.0. The van der Waals surface area contributed by atoms with E-state index in [1.807, 2.05) is 85.8 Å². The number of aliphatic hydroxyl groups excluding tert-OH is 1. The van der Waals surface area contributed by atoms with Crippen LogP contribution in [-0.2, 0) is 25.8 Å². The zero-order valence-electron chi connectivity index (χ0n) is 24.0. The summed E-state index contributed by atoms with van der Waals surface area (Å²) in [5.74, 6) is -2.50. The van der Waals surface area contributed by atoms with E-state index in [2.05, 4.69) is 10.3 Å². The number of para-hydroxylation sites is 2. The van der Waals surface area contributed by atoms with Gasteiger partial charge in [0.25, 0.3) is 5.91 Å². The number of likely N-dealkylation sites (tertiary alicyclic amines) is 1. The van der Waals surface area contributed by atoms with E-state index in [9.17, 15) is 19.5 Å². The molecule has 0 saturated carbocycles. The molecular formula is C32H34N6O5. The number of benzene rings is 2. The number of amides is 3. The SMILES string of the molecule is C[C@]12C=CCN(c3ccccc3)C(=O)[C@H]1[C@H]1C(=O)N(CCCCO)C3C(=O)N(Cn4nnc5ccccc54)CC=C[C@@]31O2. The van der Waals surface area contributed by atoms with E-state index in [1.165, 1.54) is 0 Å². The molecule has 11 nitrogen and oxygen atoms in total. The van der Waals surface area contributed by atoms with Crippen molar-refractivity contribution in [1.82, 2.24) is 24.8 Å². The number of ether oxygens (including phenoxy) is 1. The Morgan fingerprint density at radius 3 is 2.49 bits per heavy atom. The first kappa shape index (κ1) is 27.5. The molecule has 1 spiro atoms. The molecule has 4 aliphatic heterocycles. The standard InChI is InChI=1S/C32H34N6O5/c1-31-15-9-19-36(22-11-3-2-4-12-22)28(40)25(31)26-29(41)37(18-7-8-20-39)27-30(42)35(17-10-16-32(26,27)43-31)21-38-24-14-6-5-13-23(24)33-34-38/h2-6,9-16,25-27,39H,7-8,17-21H2,1H3/t25-,26+,27?,31+,32+/m1/s1. The maximum absolute atomic E-state index is 14.5. The Balaban J connectivity index is 1.29. The number of fused-ring (bicyclic) bond motifs is 3. The van der Waals surface area contributed by atoms with Gasteiger partial charge in [0.05, 0.1) is 23.0 Å². The van der Waals surface area contributed by atoms with Crippen LogP contribution in [0.1, 0.15) is 19.8 Å². The number of unbranched alkanes of at least 4 members (excludes halogenated alkanes) is 1. The van der Waals surface area contributed by atoms with Crippen LogP contribution in [0.25, 0.3) is 11.0 Å². The minimum Gasteiger partial charge on any atom is -0.396 e. The topological polar surface area (TPSA) is 121 Å². The number of nitrogens with zero attached hydrogens (tertiary/aromatic N) is 6. The van der Waals surface area contributed by atoms with Crippen molar-refractivity contribution < 1.29 is 24.2 Å². The van der Waals surface area contributed by atoms with E-state index >= 15 is 0 Å². The van der Waals surface area contributed by atoms with E-state index in [1.54, 1.807) is 19.4 Å². The fraction of sp³-hybridized carbons (Fsp3) is 0.406. The van der Waals surface area contributed by atoms with E-state index < -0.39 is 29.1 Å². The van der Waals surface area contributed by atoms with E-state index in [-0.39, 0.29) is 44.1 Å². The molecule has 5 heterocycles. The third-order valence-electron chi connectivity index (χ3n) is 9.24. The number of hydrogen-bond acceptors (Lipinski definition) is 7. The summed E-state index contributed by atoms with van der Waals surface area (Å²) in [6.07, 6.45) is 8.50. The molecular weight excluding hydrogens is 548 g/mol. The monoisotopic (exact) mass is 582 g/mol. The van der Waals surface area contributed by atoms with Crippen LogP contribution >= 0.6 is 0 Å². The Kier molecular flexibility index (Phi) is 6.66. The molecule has 2 aromatic carbocycles. The maximum Gasteiger partial charge on any atom is 0.250 e. The molecule has 0 aliphatic carbocycles. The molecule has 222 valence electrons. The summed E-state index contributed by atoms with van der Waals surface area (Å²) in [5, 5.41) is 18.0. The Morgan fingerprint density at radius 2 is 1.67 bits per heavy atom. The highest BCUT2D eigenvalue weighted by molar-refractivity contribution is 6.04. The van der Waals surface area contributed by atoms with Crippen LogP contribution in [0.3, 0.4) is 0 Å². The molecule has 43 heavy (non-hydrogen) atoms. The minimum atomic E-state index is -1.34. The second kappa shape index (κ2) is 10.4. The van der Waals surface area contributed by atoms with Crippen LogP contribution in [0.4, 0.5) is 5.69 Å². The quantitative estimate of drug-likeness (QED) is 0.335. The molecule has 7 rings (SSSR count). The molecule has 2 fully saturated rings. The van der Waals surface area contributed by atoms with Gasteiger partial charge in [0.2, 0.25) is 11.8 Å². The fourth-order valence-electron chi connectivity index (χ4n) is 7.35. The zero-order valence-corrected chi connectivity index (χ0v) is 24.0. The average molecular weight is 583 g/mol. The van der Waals surface area contributed by atoms with Crippen molar-refractivity contribution in [3.8, 4) is 0 Å². The number of rotatable bonds is 7. The molecule has 5 atom stereocenters. The number of anilines is 1. The van der Waals surface area contributed by atoms with Gasteiger partial charge in [0, 0.05) is 31.9 Å². The smallest absolute Gasteiger partial charge is 0.250 e. The predicted octanol–water partition coefficient (Wildman–Crippen LogP) is 2.13. The molecule has 0 bridgehead atoms. The van der Waals surface area contributed by atoms with Gasteiger partial charge in [0.1, 0.15) is 23.8 Å². The number of carbonyl (C=O) groups excluding carboxylic acids is 3. The van der Waals surface area contributed by atoms with Crippen LogP contribution in [0.2, 0.25) is 0 Å². The highest BCUT2D eigenvalue weighted by Crippen LogP contribution is 2.57. The Hall–Kier alpha value is -4.35. The van der Waals surface area contributed by atoms with Gasteiger partial charge >= 0.3 is 0 Å². The lowest BCUT2D eigenvalue weighted by Gasteiger charge is -2.37. The summed E-state index contributed by atoms with van der Waals surface area (Å²) in [4.78, 5) is 48.3. The van der Waals surface area contributed by atoms with Crippen molar-refractivity contribution in [1.29, 1.82) is 0 Å². The zero-order chi connectivity index (χ0) is 29.8. The number of aliphatic hydroxyl groups is 1. The highest BCUT2D eigenvalue weighted by atomic mass is 16.5. The predicted molar refractivity (Wildman–Crippen MR) is 157 cm³/mol. The number of hydrogen-bond donors (Lipinski definition) is 1. The van der Waals surface area contributed by atoms with Gasteiger partial charge in [-0.15, -0.1) is 5.10 Å². The average Bonchev–Trinajstić information content (AvgIpc) is 3.54. The summed E-state index contributed by atoms with van der Waals surface area (Å²) >= 11 is 0. The second-order valence-electron chi connectivity index (χ2n) is 11.8. The maximum atomic E-state index is 14.5. The van der Waals surface area contributed by atoms with Gasteiger partial charge in [-0.05, 0) is 44.0 Å². The van der Waals surface area contributed by atoms with Crippen molar-refractivity contribution in [3.63, 3.8) is 0 Å². The van der Waals surface area contributed by atoms with Gasteiger partial charge in [-0.2, -0.15) is 0 Å². The lowest BCUT2D eigenvalue weighted by atomic mass is 9.74. The highest BCUT2D eigenvalue weighted by Gasteiger charge is 2.74. The van der Waals surface area contributed by atoms with Crippen LogP contribution in [0.5, 0.6) is 0 Å². The molecule has 1 N–H and O–H groups in total. The second-order valence-corrected chi connectivity index (χ2v) is 11.8. The van der Waals surface area contributed by atoms with Crippen LogP contribution in [0, 0.1) is 11.8 Å². The third kappa shape index (κ3) is 4.21. The fourth-order valence-corrected chi connectivity index (χ4v) is 7.35. The van der Waals surface area contributed by atoms with Gasteiger partial charge < -0.3 is 24.5 Å². The van der Waals surface area contributed by atoms with Gasteiger partial charge in [0.15, 0.2) is 0 Å². The van der Waals surface area contributed by atoms with Gasteiger partial charge in [-0.1, -0.05) is 59.8 Å². The molecule has 2 saturated heterocycles. The number of aromatic nitrogens is 3. The van der Waals surface area contributed by atoms with Crippen LogP contribution in [0.15, 0.2) is 78.9 Å². The molecule has 4 aliphatic rings. The van der Waals surface area contributed by atoms with Crippen molar-refractivity contribution in [2.75, 3.05) is 31.1 Å². The summed E-state index contributed by atoms with van der Waals surface area (Å²) in [6, 6.07) is 16.0. The molecule has 3 aromatic rings. The lowest BCUT2D eigenvalue weighted by Crippen LogP contribution is -2.56. The Bertz CT molecular complexity index is 1640. The summed E-state index contributed by atoms with van der Waals surface area (Å²) in [5.41, 5.74) is -0.187. The largest absolute Gasteiger partial charge is 0.396 e. The first-order valence-corrected chi connectivity index (χ1v) is 14.8. The molecule has 1 unspecified atom stereocenters. The number of carbonyl (C=O) groups is 3. The Morgan fingerprint density at radius 1 is 0.907 bits per heavy atom. The van der Waals surface area contributed by atoms with Crippen molar-refractivity contribution in [2.24, 2.45) is 11.8 Å². The van der Waals surface area contributed by atoms with Crippen molar-refractivity contribution >= 4 is 34.4 Å². The molecule has 1 aromatic heterocycles. The Labute approximate surface area is 249 Å². The molecule has 11 heteroatoms.